The molecule has 0 radical (unpaired) electrons. The first kappa shape index (κ1) is 13.6. The summed E-state index contributed by atoms with van der Waals surface area (Å²) in [6, 6.07) is 3.30. The highest BCUT2D eigenvalue weighted by atomic mass is 16.5. The lowest BCUT2D eigenvalue weighted by Gasteiger charge is -2.16. The highest BCUT2D eigenvalue weighted by Gasteiger charge is 2.22. The minimum absolute atomic E-state index is 0.380. The summed E-state index contributed by atoms with van der Waals surface area (Å²) in [6.07, 6.45) is 3.30. The Morgan fingerprint density at radius 1 is 1.53 bits per heavy atom. The van der Waals surface area contributed by atoms with Gasteiger partial charge in [0.1, 0.15) is 17.5 Å². The van der Waals surface area contributed by atoms with Crippen molar-refractivity contribution in [3.05, 3.63) is 36.0 Å². The number of ether oxygens (including phenoxy) is 1. The molecule has 0 amide bonds. The van der Waals surface area contributed by atoms with E-state index in [-0.39, 0.29) is 6.04 Å². The molecule has 104 valence electrons. The van der Waals surface area contributed by atoms with Gasteiger partial charge in [-0.25, -0.2) is 0 Å². The molecule has 1 atom stereocenters. The molecular formula is C13H20N4O2. The Balaban J connectivity index is 2.28. The van der Waals surface area contributed by atoms with Gasteiger partial charge in [0.05, 0.1) is 26.1 Å². The summed E-state index contributed by atoms with van der Waals surface area (Å²) in [5.74, 6) is 1.38. The summed E-state index contributed by atoms with van der Waals surface area (Å²) in [5.41, 5.74) is 7.07. The summed E-state index contributed by atoms with van der Waals surface area (Å²) < 4.78 is 12.6. The van der Waals surface area contributed by atoms with Crippen molar-refractivity contribution in [2.24, 2.45) is 5.73 Å². The molecule has 1 unspecified atom stereocenters. The molecule has 2 aromatic rings. The van der Waals surface area contributed by atoms with Crippen LogP contribution >= 0.6 is 0 Å². The number of likely N-dealkylation sites (N-methyl/N-ethyl adjacent to an activating group) is 1. The Labute approximate surface area is 112 Å². The fraction of sp³-hybridized carbons (Fsp3) is 0.462. The molecule has 0 aliphatic carbocycles. The SMILES string of the molecule is COc1cnn(CCN(C)C)c1C(N)c1ccco1. The van der Waals surface area contributed by atoms with Crippen molar-refractivity contribution >= 4 is 0 Å². The van der Waals surface area contributed by atoms with E-state index in [0.29, 0.717) is 11.5 Å². The molecule has 2 rings (SSSR count). The van der Waals surface area contributed by atoms with E-state index in [2.05, 4.69) is 10.00 Å². The van der Waals surface area contributed by atoms with E-state index in [1.165, 1.54) is 0 Å². The van der Waals surface area contributed by atoms with Gasteiger partial charge in [-0.1, -0.05) is 0 Å². The van der Waals surface area contributed by atoms with Gasteiger partial charge in [-0.3, -0.25) is 4.68 Å². The van der Waals surface area contributed by atoms with Crippen LogP contribution in [0, 0.1) is 0 Å². The van der Waals surface area contributed by atoms with Crippen molar-refractivity contribution in [2.45, 2.75) is 12.6 Å². The molecule has 0 spiro atoms. The van der Waals surface area contributed by atoms with E-state index in [9.17, 15) is 0 Å². The Morgan fingerprint density at radius 3 is 2.89 bits per heavy atom. The van der Waals surface area contributed by atoms with Gasteiger partial charge in [0.25, 0.3) is 0 Å². The van der Waals surface area contributed by atoms with Crippen LogP contribution in [0.25, 0.3) is 0 Å². The van der Waals surface area contributed by atoms with Crippen molar-refractivity contribution in [3.8, 4) is 5.75 Å². The van der Waals surface area contributed by atoms with Gasteiger partial charge in [-0.15, -0.1) is 0 Å². The second-order valence-corrected chi connectivity index (χ2v) is 4.62. The van der Waals surface area contributed by atoms with Crippen molar-refractivity contribution in [1.29, 1.82) is 0 Å². The molecule has 0 aromatic carbocycles. The lowest BCUT2D eigenvalue weighted by molar-refractivity contribution is 0.359. The summed E-state index contributed by atoms with van der Waals surface area (Å²) >= 11 is 0. The van der Waals surface area contributed by atoms with Gasteiger partial charge in [0.2, 0.25) is 0 Å². The number of hydrogen-bond donors (Lipinski definition) is 1. The van der Waals surface area contributed by atoms with E-state index in [1.807, 2.05) is 30.9 Å². The Hall–Kier alpha value is -1.79. The second kappa shape index (κ2) is 5.90. The predicted octanol–water partition coefficient (Wildman–Crippen LogP) is 1.09. The summed E-state index contributed by atoms with van der Waals surface area (Å²) in [6.45, 7) is 1.63. The lowest BCUT2D eigenvalue weighted by Crippen LogP contribution is -2.23. The fourth-order valence-corrected chi connectivity index (χ4v) is 1.92. The second-order valence-electron chi connectivity index (χ2n) is 4.62. The smallest absolute Gasteiger partial charge is 0.162 e. The van der Waals surface area contributed by atoms with Gasteiger partial charge in [-0.2, -0.15) is 5.10 Å². The Morgan fingerprint density at radius 2 is 2.32 bits per heavy atom. The molecule has 0 fully saturated rings. The minimum atomic E-state index is -0.380. The van der Waals surface area contributed by atoms with Crippen LogP contribution in [0.1, 0.15) is 17.5 Å². The molecule has 6 nitrogen and oxygen atoms in total. The maximum absolute atomic E-state index is 6.24. The third kappa shape index (κ3) is 2.97. The number of nitrogens with two attached hydrogens (primary N) is 1. The van der Waals surface area contributed by atoms with Gasteiger partial charge in [0.15, 0.2) is 5.75 Å². The van der Waals surface area contributed by atoms with Crippen molar-refractivity contribution in [1.82, 2.24) is 14.7 Å². The quantitative estimate of drug-likeness (QED) is 0.846. The molecule has 0 bridgehead atoms. The van der Waals surface area contributed by atoms with Crippen molar-refractivity contribution < 1.29 is 9.15 Å². The van der Waals surface area contributed by atoms with E-state index in [0.717, 1.165) is 18.8 Å². The largest absolute Gasteiger partial charge is 0.493 e. The first-order chi connectivity index (χ1) is 9.13. The highest BCUT2D eigenvalue weighted by Crippen LogP contribution is 2.28. The summed E-state index contributed by atoms with van der Waals surface area (Å²) in [5, 5.41) is 4.33. The molecule has 2 N–H and O–H groups in total. The molecule has 0 aliphatic heterocycles. The van der Waals surface area contributed by atoms with Crippen LogP contribution in [-0.4, -0.2) is 42.4 Å². The average molecular weight is 264 g/mol. The summed E-state index contributed by atoms with van der Waals surface area (Å²) in [7, 11) is 5.66. The number of hydrogen-bond acceptors (Lipinski definition) is 5. The Kier molecular flexibility index (Phi) is 4.24. The topological polar surface area (TPSA) is 69.5 Å². The molecule has 6 heteroatoms. The van der Waals surface area contributed by atoms with Crippen LogP contribution in [0.5, 0.6) is 5.75 Å². The summed E-state index contributed by atoms with van der Waals surface area (Å²) in [4.78, 5) is 2.09. The maximum atomic E-state index is 6.24. The van der Waals surface area contributed by atoms with Crippen molar-refractivity contribution in [3.63, 3.8) is 0 Å². The predicted molar refractivity (Wildman–Crippen MR) is 72.1 cm³/mol. The number of rotatable bonds is 6. The molecule has 0 saturated carbocycles. The zero-order chi connectivity index (χ0) is 13.8. The molecular weight excluding hydrogens is 244 g/mol. The van der Waals surface area contributed by atoms with Gasteiger partial charge < -0.3 is 19.8 Å². The van der Waals surface area contributed by atoms with Gasteiger partial charge in [-0.05, 0) is 26.2 Å². The number of aromatic nitrogens is 2. The third-order valence-electron chi connectivity index (χ3n) is 2.97. The fourth-order valence-electron chi connectivity index (χ4n) is 1.92. The number of methoxy groups -OCH3 is 1. The first-order valence-corrected chi connectivity index (χ1v) is 6.17. The monoisotopic (exact) mass is 264 g/mol. The van der Waals surface area contributed by atoms with E-state index in [1.54, 1.807) is 19.6 Å². The van der Waals surface area contributed by atoms with Crippen LogP contribution < -0.4 is 10.5 Å². The van der Waals surface area contributed by atoms with Gasteiger partial charge in [0, 0.05) is 6.54 Å². The Bertz CT molecular complexity index is 505. The van der Waals surface area contributed by atoms with Crippen LogP contribution in [0.4, 0.5) is 0 Å². The number of nitrogens with zero attached hydrogens (tertiary/aromatic N) is 3. The zero-order valence-corrected chi connectivity index (χ0v) is 11.5. The first-order valence-electron chi connectivity index (χ1n) is 6.17. The standard InChI is InChI=1S/C13H20N4O2/c1-16(2)6-7-17-13(11(18-3)9-15-17)12(14)10-5-4-8-19-10/h4-5,8-9,12H,6-7,14H2,1-3H3. The van der Waals surface area contributed by atoms with Crippen LogP contribution in [0.2, 0.25) is 0 Å². The lowest BCUT2D eigenvalue weighted by atomic mass is 10.1. The van der Waals surface area contributed by atoms with Gasteiger partial charge >= 0.3 is 0 Å². The molecule has 19 heavy (non-hydrogen) atoms. The van der Waals surface area contributed by atoms with Crippen LogP contribution in [-0.2, 0) is 6.54 Å². The van der Waals surface area contributed by atoms with Crippen LogP contribution in [0.3, 0.4) is 0 Å². The van der Waals surface area contributed by atoms with E-state index < -0.39 is 0 Å². The average Bonchev–Trinajstić information content (AvgIpc) is 3.04. The zero-order valence-electron chi connectivity index (χ0n) is 11.5. The molecule has 2 heterocycles. The van der Waals surface area contributed by atoms with Crippen molar-refractivity contribution in [2.75, 3.05) is 27.7 Å². The van der Waals surface area contributed by atoms with Crippen LogP contribution in [0.15, 0.2) is 29.0 Å². The minimum Gasteiger partial charge on any atom is -0.493 e. The van der Waals surface area contributed by atoms with E-state index >= 15 is 0 Å². The third-order valence-corrected chi connectivity index (χ3v) is 2.97. The molecule has 0 aliphatic rings. The molecule has 2 aromatic heterocycles. The molecule has 0 saturated heterocycles. The highest BCUT2D eigenvalue weighted by molar-refractivity contribution is 5.32. The maximum Gasteiger partial charge on any atom is 0.162 e. The van der Waals surface area contributed by atoms with E-state index in [4.69, 9.17) is 14.9 Å². The number of furan rings is 1. The normalized spacial score (nSPS) is 12.9.